The van der Waals surface area contributed by atoms with Crippen molar-refractivity contribution < 1.29 is 14.3 Å². The average molecular weight is 385 g/mol. The van der Waals surface area contributed by atoms with Crippen LogP contribution in [0.2, 0.25) is 0 Å². The summed E-state index contributed by atoms with van der Waals surface area (Å²) in [4.78, 5) is 24.1. The van der Waals surface area contributed by atoms with Gasteiger partial charge in [-0.1, -0.05) is 25.4 Å². The first kappa shape index (κ1) is 21.1. The lowest BCUT2D eigenvalue weighted by molar-refractivity contribution is -0.139. The van der Waals surface area contributed by atoms with Gasteiger partial charge >= 0.3 is 5.97 Å². The fourth-order valence-corrected chi connectivity index (χ4v) is 5.14. The number of carbonyl (C=O) groups excluding carboxylic acids is 2. The highest BCUT2D eigenvalue weighted by Crippen LogP contribution is 2.57. The van der Waals surface area contributed by atoms with Crippen LogP contribution in [0.3, 0.4) is 0 Å². The number of ether oxygens (including phenoxy) is 1. The Bertz CT molecular complexity index is 663. The molecule has 1 amide bonds. The minimum atomic E-state index is -1.88. The molecule has 0 aromatic carbocycles. The van der Waals surface area contributed by atoms with Crippen molar-refractivity contribution in [1.29, 1.82) is 10.5 Å². The van der Waals surface area contributed by atoms with E-state index >= 15 is 0 Å². The Hall–Kier alpha value is -1.90. The lowest BCUT2D eigenvalue weighted by Crippen LogP contribution is -2.62. The minimum absolute atomic E-state index is 0.0135. The molecule has 0 unspecified atom stereocenters. The molecule has 0 spiro atoms. The Morgan fingerprint density at radius 3 is 2.36 bits per heavy atom. The van der Waals surface area contributed by atoms with Crippen molar-refractivity contribution >= 4 is 35.2 Å². The number of rotatable bonds is 7. The van der Waals surface area contributed by atoms with E-state index in [1.54, 1.807) is 6.92 Å². The van der Waals surface area contributed by atoms with Crippen LogP contribution in [0.15, 0.2) is 10.7 Å². The molecule has 1 aliphatic rings. The molecule has 0 saturated carbocycles. The molecule has 1 heterocycles. The van der Waals surface area contributed by atoms with E-state index < -0.39 is 28.1 Å². The summed E-state index contributed by atoms with van der Waals surface area (Å²) >= 11 is 7.34. The topological polar surface area (TPSA) is 129 Å². The van der Waals surface area contributed by atoms with E-state index in [-0.39, 0.29) is 23.1 Å². The van der Waals surface area contributed by atoms with Gasteiger partial charge in [-0.15, -0.1) is 11.8 Å². The number of halogens is 1. The third-order valence-electron chi connectivity index (χ3n) is 4.69. The van der Waals surface area contributed by atoms with Crippen LogP contribution in [0, 0.1) is 33.5 Å². The predicted octanol–water partition coefficient (Wildman–Crippen LogP) is 1.99. The van der Waals surface area contributed by atoms with E-state index in [0.29, 0.717) is 12.8 Å². The van der Waals surface area contributed by atoms with E-state index in [1.807, 2.05) is 26.0 Å². The highest BCUT2D eigenvalue weighted by molar-refractivity contribution is 8.00. The van der Waals surface area contributed by atoms with Gasteiger partial charge in [0.25, 0.3) is 0 Å². The molecule has 0 aliphatic carbocycles. The quantitative estimate of drug-likeness (QED) is 0.507. The lowest BCUT2D eigenvalue weighted by atomic mass is 9.56. The molecule has 3 N–H and O–H groups in total. The Balaban J connectivity index is 3.50. The average Bonchev–Trinajstić information content (AvgIpc) is 2.59. The first-order chi connectivity index (χ1) is 11.8. The summed E-state index contributed by atoms with van der Waals surface area (Å²) in [6.07, 6.45) is 0.756. The van der Waals surface area contributed by atoms with Crippen LogP contribution < -0.4 is 11.1 Å². The van der Waals surface area contributed by atoms with Crippen molar-refractivity contribution in [2.75, 3.05) is 12.4 Å². The largest absolute Gasteiger partial charge is 0.465 e. The maximum Gasteiger partial charge on any atom is 0.315 e. The molecule has 25 heavy (non-hydrogen) atoms. The first-order valence-corrected chi connectivity index (χ1v) is 9.29. The standard InChI is InChI=1S/C16H21ClN4O3S/c1-4-15(5-2)14(25-8-11(22)24-6-3)21-12(17)10(7-18)16(15,9-19)13(20)23/h14,21H,4-6,8H2,1-3H3,(H2,20,23)/t14-,16+/m1/s1. The second-order valence-electron chi connectivity index (χ2n) is 5.53. The van der Waals surface area contributed by atoms with Crippen molar-refractivity contribution in [2.24, 2.45) is 16.6 Å². The third-order valence-corrected chi connectivity index (χ3v) is 6.29. The maximum atomic E-state index is 12.4. The zero-order chi connectivity index (χ0) is 19.3. The lowest BCUT2D eigenvalue weighted by Gasteiger charge is -2.51. The smallest absolute Gasteiger partial charge is 0.315 e. The number of amides is 1. The number of carbonyl (C=O) groups is 2. The number of nitrogens with one attached hydrogen (secondary N) is 1. The van der Waals surface area contributed by atoms with E-state index in [9.17, 15) is 20.1 Å². The summed E-state index contributed by atoms with van der Waals surface area (Å²) in [7, 11) is 0. The van der Waals surface area contributed by atoms with Crippen molar-refractivity contribution in [2.45, 2.75) is 39.0 Å². The van der Waals surface area contributed by atoms with Crippen LogP contribution in [0.1, 0.15) is 33.6 Å². The van der Waals surface area contributed by atoms with E-state index in [4.69, 9.17) is 22.1 Å². The second-order valence-corrected chi connectivity index (χ2v) is 7.00. The number of esters is 1. The van der Waals surface area contributed by atoms with Crippen molar-refractivity contribution in [3.63, 3.8) is 0 Å². The first-order valence-electron chi connectivity index (χ1n) is 7.86. The molecule has 1 aliphatic heterocycles. The van der Waals surface area contributed by atoms with Crippen LogP contribution in [0.4, 0.5) is 0 Å². The van der Waals surface area contributed by atoms with Gasteiger partial charge in [-0.25, -0.2) is 0 Å². The second kappa shape index (κ2) is 8.46. The molecule has 1 rings (SSSR count). The van der Waals surface area contributed by atoms with Gasteiger partial charge in [0.05, 0.1) is 29.4 Å². The number of thioether (sulfide) groups is 1. The highest BCUT2D eigenvalue weighted by Gasteiger charge is 2.64. The van der Waals surface area contributed by atoms with Gasteiger partial charge in [0.2, 0.25) is 5.91 Å². The van der Waals surface area contributed by atoms with E-state index in [1.165, 1.54) is 11.8 Å². The number of nitrogens with two attached hydrogens (primary N) is 1. The van der Waals surface area contributed by atoms with Crippen LogP contribution in [0.5, 0.6) is 0 Å². The molecule has 0 radical (unpaired) electrons. The summed E-state index contributed by atoms with van der Waals surface area (Å²) in [5.74, 6) is -1.32. The monoisotopic (exact) mass is 384 g/mol. The summed E-state index contributed by atoms with van der Waals surface area (Å²) < 4.78 is 4.92. The summed E-state index contributed by atoms with van der Waals surface area (Å²) in [6, 6.07) is 3.84. The molecule has 0 saturated heterocycles. The zero-order valence-electron chi connectivity index (χ0n) is 14.4. The van der Waals surface area contributed by atoms with Crippen molar-refractivity contribution in [3.05, 3.63) is 10.7 Å². The van der Waals surface area contributed by atoms with Gasteiger partial charge in [0, 0.05) is 5.41 Å². The summed E-state index contributed by atoms with van der Waals surface area (Å²) in [5, 5.41) is 21.7. The maximum absolute atomic E-state index is 12.4. The van der Waals surface area contributed by atoms with E-state index in [2.05, 4.69) is 5.32 Å². The van der Waals surface area contributed by atoms with E-state index in [0.717, 1.165) is 0 Å². The summed E-state index contributed by atoms with van der Waals surface area (Å²) in [6.45, 7) is 5.59. The van der Waals surface area contributed by atoms with Crippen LogP contribution in [0.25, 0.3) is 0 Å². The fourth-order valence-electron chi connectivity index (χ4n) is 3.37. The Kier molecular flexibility index (Phi) is 7.16. The fraction of sp³-hybridized carbons (Fsp3) is 0.625. The highest BCUT2D eigenvalue weighted by atomic mass is 35.5. The number of nitrogens with zero attached hydrogens (tertiary/aromatic N) is 2. The molecular weight excluding hydrogens is 364 g/mol. The van der Waals surface area contributed by atoms with Crippen LogP contribution >= 0.6 is 23.4 Å². The van der Waals surface area contributed by atoms with Gasteiger partial charge < -0.3 is 15.8 Å². The third kappa shape index (κ3) is 3.29. The SMILES string of the molecule is CCOC(=O)CS[C@H]1NC(Cl)=C(C#N)[C@@](C#N)(C(N)=O)C1(CC)CC. The molecular formula is C16H21ClN4O3S. The molecule has 136 valence electrons. The Labute approximate surface area is 156 Å². The normalized spacial score (nSPS) is 24.6. The minimum Gasteiger partial charge on any atom is -0.465 e. The molecule has 0 aromatic rings. The van der Waals surface area contributed by atoms with Gasteiger partial charge in [-0.05, 0) is 19.8 Å². The predicted molar refractivity (Wildman–Crippen MR) is 94.8 cm³/mol. The molecule has 7 nitrogen and oxygen atoms in total. The summed E-state index contributed by atoms with van der Waals surface area (Å²) in [5.41, 5.74) is 2.54. The van der Waals surface area contributed by atoms with Crippen molar-refractivity contribution in [1.82, 2.24) is 5.32 Å². The Morgan fingerprint density at radius 2 is 1.96 bits per heavy atom. The Morgan fingerprint density at radius 1 is 1.36 bits per heavy atom. The van der Waals surface area contributed by atoms with Crippen molar-refractivity contribution in [3.8, 4) is 12.1 Å². The molecule has 0 aromatic heterocycles. The molecule has 0 fully saturated rings. The van der Waals surface area contributed by atoms with Gasteiger partial charge in [-0.3, -0.25) is 9.59 Å². The number of hydrogen-bond acceptors (Lipinski definition) is 7. The number of nitriles is 2. The number of hydrogen-bond donors (Lipinski definition) is 2. The number of primary amides is 1. The molecule has 2 atom stereocenters. The molecule has 9 heteroatoms. The van der Waals surface area contributed by atoms with Crippen LogP contribution in [-0.4, -0.2) is 29.6 Å². The molecule has 0 bridgehead atoms. The van der Waals surface area contributed by atoms with Crippen LogP contribution in [-0.2, 0) is 14.3 Å². The zero-order valence-corrected chi connectivity index (χ0v) is 16.0. The van der Waals surface area contributed by atoms with Gasteiger partial charge in [0.15, 0.2) is 5.41 Å². The van der Waals surface area contributed by atoms with Gasteiger partial charge in [-0.2, -0.15) is 10.5 Å². The van der Waals surface area contributed by atoms with Gasteiger partial charge in [0.1, 0.15) is 11.2 Å².